The molecule has 0 aliphatic carbocycles. The van der Waals surface area contributed by atoms with Crippen LogP contribution in [0, 0.1) is 0 Å². The van der Waals surface area contributed by atoms with Crippen molar-refractivity contribution in [3.05, 3.63) is 24.3 Å². The monoisotopic (exact) mass is 181 g/mol. The predicted octanol–water partition coefficient (Wildman–Crippen LogP) is 2.03. The zero-order valence-electron chi connectivity index (χ0n) is 7.15. The van der Waals surface area contributed by atoms with E-state index in [0.29, 0.717) is 0 Å². The van der Waals surface area contributed by atoms with E-state index in [2.05, 4.69) is 0 Å². The normalized spacial score (nSPS) is 9.50. The van der Waals surface area contributed by atoms with Crippen molar-refractivity contribution in [2.75, 3.05) is 19.0 Å². The molecule has 0 heterocycles. The molecule has 0 aromatic heterocycles. The van der Waals surface area contributed by atoms with Gasteiger partial charge in [0.05, 0.1) is 0 Å². The first-order valence-corrected chi connectivity index (χ1v) is 4.49. The van der Waals surface area contributed by atoms with Crippen molar-refractivity contribution >= 4 is 23.1 Å². The van der Waals surface area contributed by atoms with Crippen molar-refractivity contribution in [3.63, 3.8) is 0 Å². The molecule has 0 bridgehead atoms. The van der Waals surface area contributed by atoms with Gasteiger partial charge in [0.1, 0.15) is 0 Å². The molecule has 0 saturated heterocycles. The van der Waals surface area contributed by atoms with E-state index in [1.807, 2.05) is 43.3 Å². The summed E-state index contributed by atoms with van der Waals surface area (Å²) in [5.74, 6) is 0. The molecule has 0 amide bonds. The van der Waals surface area contributed by atoms with Crippen molar-refractivity contribution in [2.45, 2.75) is 4.90 Å². The molecule has 0 spiro atoms. The standard InChI is InChI=1S/C9H11NOS/c1-10(2)8-3-5-9(6-4-8)12-7-11/h3-7H,1-2H3. The van der Waals surface area contributed by atoms with Gasteiger partial charge in [-0.3, -0.25) is 4.79 Å². The van der Waals surface area contributed by atoms with E-state index < -0.39 is 0 Å². The molecule has 1 aromatic rings. The largest absolute Gasteiger partial charge is 0.378 e. The molecule has 0 unspecified atom stereocenters. The van der Waals surface area contributed by atoms with Crippen LogP contribution in [0.15, 0.2) is 29.2 Å². The van der Waals surface area contributed by atoms with E-state index in [1.165, 1.54) is 11.8 Å². The Kier molecular flexibility index (Phi) is 3.17. The van der Waals surface area contributed by atoms with Crippen molar-refractivity contribution in [3.8, 4) is 0 Å². The number of thioether (sulfide) groups is 1. The van der Waals surface area contributed by atoms with Gasteiger partial charge in [0, 0.05) is 24.7 Å². The number of rotatable bonds is 3. The summed E-state index contributed by atoms with van der Waals surface area (Å²) >= 11 is 1.20. The Hall–Kier alpha value is -0.960. The summed E-state index contributed by atoms with van der Waals surface area (Å²) in [5.41, 5.74) is 1.98. The van der Waals surface area contributed by atoms with Gasteiger partial charge in [0.2, 0.25) is 0 Å². The summed E-state index contributed by atoms with van der Waals surface area (Å²) in [5, 5.41) is 0. The summed E-state index contributed by atoms with van der Waals surface area (Å²) in [6.45, 7) is 0. The number of hydrogen-bond acceptors (Lipinski definition) is 3. The molecular weight excluding hydrogens is 170 g/mol. The van der Waals surface area contributed by atoms with Crippen LogP contribution in [0.3, 0.4) is 0 Å². The van der Waals surface area contributed by atoms with Crippen LogP contribution in [0.1, 0.15) is 0 Å². The molecule has 12 heavy (non-hydrogen) atoms. The van der Waals surface area contributed by atoms with E-state index in [9.17, 15) is 4.79 Å². The topological polar surface area (TPSA) is 20.3 Å². The fourth-order valence-electron chi connectivity index (χ4n) is 0.878. The Morgan fingerprint density at radius 3 is 2.25 bits per heavy atom. The number of benzene rings is 1. The van der Waals surface area contributed by atoms with Gasteiger partial charge in [-0.15, -0.1) is 0 Å². The Bertz CT molecular complexity index is 256. The number of nitrogens with zero attached hydrogens (tertiary/aromatic N) is 1. The van der Waals surface area contributed by atoms with Gasteiger partial charge < -0.3 is 4.90 Å². The van der Waals surface area contributed by atoms with E-state index in [0.717, 1.165) is 16.2 Å². The van der Waals surface area contributed by atoms with Crippen molar-refractivity contribution in [1.29, 1.82) is 0 Å². The summed E-state index contributed by atoms with van der Waals surface area (Å²) in [4.78, 5) is 13.2. The Labute approximate surface area is 76.6 Å². The Balaban J connectivity index is 2.78. The molecule has 0 radical (unpaired) electrons. The molecule has 0 atom stereocenters. The van der Waals surface area contributed by atoms with Crippen LogP contribution >= 0.6 is 11.8 Å². The third kappa shape index (κ3) is 2.27. The lowest BCUT2D eigenvalue weighted by Gasteiger charge is -2.11. The summed E-state index contributed by atoms with van der Waals surface area (Å²) in [6.07, 6.45) is 0. The molecule has 0 saturated carbocycles. The summed E-state index contributed by atoms with van der Waals surface area (Å²) in [7, 11) is 3.98. The van der Waals surface area contributed by atoms with Gasteiger partial charge in [-0.2, -0.15) is 0 Å². The first-order chi connectivity index (χ1) is 5.74. The lowest BCUT2D eigenvalue weighted by molar-refractivity contribution is 0.570. The minimum Gasteiger partial charge on any atom is -0.378 e. The number of carbonyl (C=O) groups excluding carboxylic acids is 1. The average molecular weight is 181 g/mol. The molecule has 1 rings (SSSR count). The van der Waals surface area contributed by atoms with E-state index in [4.69, 9.17) is 0 Å². The maximum Gasteiger partial charge on any atom is 0.180 e. The highest BCUT2D eigenvalue weighted by atomic mass is 32.2. The second kappa shape index (κ2) is 4.16. The van der Waals surface area contributed by atoms with Crippen molar-refractivity contribution in [1.82, 2.24) is 0 Å². The van der Waals surface area contributed by atoms with Crippen LogP contribution in [0.5, 0.6) is 0 Å². The Morgan fingerprint density at radius 2 is 1.83 bits per heavy atom. The van der Waals surface area contributed by atoms with Crippen LogP contribution in [0.25, 0.3) is 0 Å². The molecule has 0 aliphatic rings. The van der Waals surface area contributed by atoms with Gasteiger partial charge in [-0.1, -0.05) is 11.8 Å². The molecule has 64 valence electrons. The van der Waals surface area contributed by atoms with Crippen LogP contribution < -0.4 is 4.90 Å². The third-order valence-corrected chi connectivity index (χ3v) is 2.18. The first kappa shape index (κ1) is 9.13. The second-order valence-corrected chi connectivity index (χ2v) is 3.50. The minimum atomic E-state index is 0.838. The third-order valence-electron chi connectivity index (χ3n) is 1.54. The van der Waals surface area contributed by atoms with Crippen LogP contribution in [-0.4, -0.2) is 19.7 Å². The zero-order chi connectivity index (χ0) is 8.97. The number of carbonyl (C=O) groups is 1. The molecule has 0 fully saturated rings. The highest BCUT2D eigenvalue weighted by molar-refractivity contribution is 8.11. The van der Waals surface area contributed by atoms with E-state index in [-0.39, 0.29) is 0 Å². The molecule has 1 aromatic carbocycles. The van der Waals surface area contributed by atoms with Gasteiger partial charge in [-0.05, 0) is 24.3 Å². The second-order valence-electron chi connectivity index (χ2n) is 2.60. The van der Waals surface area contributed by atoms with Gasteiger partial charge >= 0.3 is 0 Å². The first-order valence-electron chi connectivity index (χ1n) is 3.61. The fourth-order valence-corrected chi connectivity index (χ4v) is 1.28. The maximum absolute atomic E-state index is 10.1. The number of hydrogen-bond donors (Lipinski definition) is 0. The van der Waals surface area contributed by atoms with Crippen LogP contribution in [-0.2, 0) is 4.79 Å². The molecule has 0 N–H and O–H groups in total. The van der Waals surface area contributed by atoms with Gasteiger partial charge in [0.15, 0.2) is 5.62 Å². The quantitative estimate of drug-likeness (QED) is 0.525. The van der Waals surface area contributed by atoms with Gasteiger partial charge in [0.25, 0.3) is 0 Å². The van der Waals surface area contributed by atoms with Crippen LogP contribution in [0.4, 0.5) is 5.69 Å². The van der Waals surface area contributed by atoms with Gasteiger partial charge in [-0.25, -0.2) is 0 Å². The minimum absolute atomic E-state index is 0.838. The fraction of sp³-hybridized carbons (Fsp3) is 0.222. The molecule has 2 nitrogen and oxygen atoms in total. The zero-order valence-corrected chi connectivity index (χ0v) is 7.97. The highest BCUT2D eigenvalue weighted by Crippen LogP contribution is 2.18. The molecule has 3 heteroatoms. The van der Waals surface area contributed by atoms with E-state index in [1.54, 1.807) is 0 Å². The lowest BCUT2D eigenvalue weighted by atomic mass is 10.3. The van der Waals surface area contributed by atoms with Crippen LogP contribution in [0.2, 0.25) is 0 Å². The SMILES string of the molecule is CN(C)c1ccc(SC=O)cc1. The van der Waals surface area contributed by atoms with E-state index >= 15 is 0 Å². The van der Waals surface area contributed by atoms with Crippen molar-refractivity contribution < 1.29 is 4.79 Å². The number of anilines is 1. The molecule has 0 aliphatic heterocycles. The summed E-state index contributed by atoms with van der Waals surface area (Å²) in [6, 6.07) is 7.86. The molecular formula is C9H11NOS. The average Bonchev–Trinajstić information content (AvgIpc) is 2.06. The van der Waals surface area contributed by atoms with Crippen molar-refractivity contribution in [2.24, 2.45) is 0 Å². The maximum atomic E-state index is 10.1. The summed E-state index contributed by atoms with van der Waals surface area (Å²) < 4.78 is 0. The Morgan fingerprint density at radius 1 is 1.25 bits per heavy atom. The lowest BCUT2D eigenvalue weighted by Crippen LogP contribution is -2.07. The smallest absolute Gasteiger partial charge is 0.180 e. The predicted molar refractivity (Wildman–Crippen MR) is 53.4 cm³/mol. The highest BCUT2D eigenvalue weighted by Gasteiger charge is 1.94.